The van der Waals surface area contributed by atoms with Gasteiger partial charge in [0.25, 0.3) is 0 Å². The van der Waals surface area contributed by atoms with Gasteiger partial charge in [0.15, 0.2) is 5.58 Å². The lowest BCUT2D eigenvalue weighted by molar-refractivity contribution is 0.670. The van der Waals surface area contributed by atoms with Crippen LogP contribution in [0.1, 0.15) is 0 Å². The van der Waals surface area contributed by atoms with Crippen LogP contribution in [0.3, 0.4) is 0 Å². The van der Waals surface area contributed by atoms with Crippen molar-refractivity contribution in [2.24, 2.45) is 0 Å². The smallest absolute Gasteiger partial charge is 0.160 e. The zero-order valence-corrected chi connectivity index (χ0v) is 41.5. The number of fused-ring (bicyclic) bond motifs is 9. The van der Waals surface area contributed by atoms with Gasteiger partial charge in [-0.3, -0.25) is 0 Å². The van der Waals surface area contributed by atoms with Gasteiger partial charge in [-0.25, -0.2) is 0 Å². The first-order valence-electron chi connectivity index (χ1n) is 26.1. The van der Waals surface area contributed by atoms with E-state index in [1.807, 2.05) is 0 Å². The summed E-state index contributed by atoms with van der Waals surface area (Å²) in [6.45, 7) is 0. The van der Waals surface area contributed by atoms with Gasteiger partial charge in [0.05, 0.1) is 5.69 Å². The number of hydrogen-bond acceptors (Lipinski definition) is 2. The second-order valence-electron chi connectivity index (χ2n) is 20.1. The third-order valence-corrected chi connectivity index (χ3v) is 15.6. The summed E-state index contributed by atoms with van der Waals surface area (Å²) in [4.78, 5) is 2.37. The van der Waals surface area contributed by atoms with Crippen LogP contribution in [0.15, 0.2) is 290 Å². The highest BCUT2D eigenvalue weighted by Crippen LogP contribution is 2.48. The van der Waals surface area contributed by atoms with Crippen molar-refractivity contribution in [3.8, 4) is 55.6 Å². The molecule has 0 radical (unpaired) electrons. The maximum atomic E-state index is 7.25. The molecule has 0 atom stereocenters. The Morgan fingerprint density at radius 1 is 0.224 bits per heavy atom. The van der Waals surface area contributed by atoms with Crippen molar-refractivity contribution >= 4 is 92.9 Å². The lowest BCUT2D eigenvalue weighted by Gasteiger charge is -2.26. The monoisotopic (exact) mass is 965 g/mol. The minimum atomic E-state index is 0.847. The zero-order chi connectivity index (χ0) is 50.1. The van der Waals surface area contributed by atoms with E-state index in [2.05, 4.69) is 290 Å². The second kappa shape index (κ2) is 17.9. The Hall–Kier alpha value is -10.0. The summed E-state index contributed by atoms with van der Waals surface area (Å²) in [5.74, 6) is 0. The molecule has 0 bridgehead atoms. The predicted octanol–water partition coefficient (Wildman–Crippen LogP) is 21.2. The van der Waals surface area contributed by atoms with E-state index in [-0.39, 0.29) is 0 Å². The van der Waals surface area contributed by atoms with Gasteiger partial charge in [0.2, 0.25) is 0 Å². The second-order valence-corrected chi connectivity index (χ2v) is 20.1. The van der Waals surface area contributed by atoms with Crippen molar-refractivity contribution in [3.05, 3.63) is 285 Å². The van der Waals surface area contributed by atoms with Gasteiger partial charge in [-0.2, -0.15) is 0 Å². The van der Waals surface area contributed by atoms with Crippen molar-refractivity contribution in [2.75, 3.05) is 4.90 Å². The van der Waals surface area contributed by atoms with Crippen molar-refractivity contribution in [3.63, 3.8) is 0 Å². The van der Waals surface area contributed by atoms with Gasteiger partial charge in [-0.1, -0.05) is 218 Å². The highest BCUT2D eigenvalue weighted by atomic mass is 16.3. The Bertz CT molecular complexity index is 4740. The number of anilines is 3. The van der Waals surface area contributed by atoms with E-state index in [0.717, 1.165) is 72.0 Å². The van der Waals surface area contributed by atoms with E-state index >= 15 is 0 Å². The minimum absolute atomic E-state index is 0.847. The van der Waals surface area contributed by atoms with Crippen molar-refractivity contribution in [1.29, 1.82) is 0 Å². The molecule has 1 aromatic heterocycles. The van der Waals surface area contributed by atoms with E-state index < -0.39 is 0 Å². The molecule has 0 unspecified atom stereocenters. The molecule has 0 fully saturated rings. The third-order valence-electron chi connectivity index (χ3n) is 15.6. The predicted molar refractivity (Wildman–Crippen MR) is 323 cm³/mol. The molecule has 15 aromatic rings. The van der Waals surface area contributed by atoms with E-state index in [0.29, 0.717) is 0 Å². The van der Waals surface area contributed by atoms with Crippen LogP contribution in [-0.4, -0.2) is 0 Å². The van der Waals surface area contributed by atoms with Crippen LogP contribution < -0.4 is 4.90 Å². The first-order valence-corrected chi connectivity index (χ1v) is 26.1. The van der Waals surface area contributed by atoms with Crippen LogP contribution >= 0.6 is 0 Å². The molecule has 0 aliphatic carbocycles. The number of benzene rings is 14. The molecule has 1 heterocycles. The lowest BCUT2D eigenvalue weighted by Crippen LogP contribution is -2.10. The zero-order valence-electron chi connectivity index (χ0n) is 41.5. The average Bonchev–Trinajstić information content (AvgIpc) is 3.90. The molecule has 0 amide bonds. The molecule has 354 valence electrons. The van der Waals surface area contributed by atoms with Gasteiger partial charge in [-0.15, -0.1) is 0 Å². The molecule has 14 aromatic carbocycles. The standard InChI is InChI=1S/C74H47NO/c1-2-13-53(14-3-1)69-19-10-20-70-72-68-18-9-8-17-64(68)47-71(74(72)76-73(69)70)75(66-37-33-50(34-38-66)56-29-30-61-44-62(32-31-60(61)43-56)58-26-21-48-11-4-6-15-54(48)41-58)67-39-35-51(36-40-67)57-25-23-52-24-28-63(46-65(52)45-57)59-27-22-49-12-5-7-16-55(49)42-59/h1-47H. The van der Waals surface area contributed by atoms with Gasteiger partial charge in [0, 0.05) is 27.7 Å². The van der Waals surface area contributed by atoms with Crippen LogP contribution in [-0.2, 0) is 0 Å². The summed E-state index contributed by atoms with van der Waals surface area (Å²) in [5.41, 5.74) is 16.5. The maximum Gasteiger partial charge on any atom is 0.160 e. The van der Waals surface area contributed by atoms with Crippen molar-refractivity contribution < 1.29 is 4.42 Å². The highest BCUT2D eigenvalue weighted by molar-refractivity contribution is 6.24. The largest absolute Gasteiger partial charge is 0.453 e. The molecule has 0 saturated carbocycles. The first-order chi connectivity index (χ1) is 37.6. The molecule has 15 rings (SSSR count). The van der Waals surface area contributed by atoms with Crippen LogP contribution in [0.5, 0.6) is 0 Å². The molecule has 2 heteroatoms. The molecule has 0 saturated heterocycles. The summed E-state index contributed by atoms with van der Waals surface area (Å²) < 4.78 is 7.25. The minimum Gasteiger partial charge on any atom is -0.453 e. The fourth-order valence-corrected chi connectivity index (χ4v) is 11.6. The molecular formula is C74H47NO. The molecule has 76 heavy (non-hydrogen) atoms. The SMILES string of the molecule is c1ccc(-c2cccc3c2oc2c(N(c4ccc(-c5ccc6cc(-c7ccc8ccccc8c7)ccc6c5)cc4)c4ccc(-c5ccc6ccc(-c7ccc8ccccc8c7)cc6c5)cc4)cc4ccccc4c23)cc1. The van der Waals surface area contributed by atoms with Gasteiger partial charge >= 0.3 is 0 Å². The quantitative estimate of drug-likeness (QED) is 0.151. The molecule has 0 N–H and O–H groups in total. The summed E-state index contributed by atoms with van der Waals surface area (Å²) in [7, 11) is 0. The third kappa shape index (κ3) is 7.58. The Balaban J connectivity index is 0.837. The van der Waals surface area contributed by atoms with E-state index in [1.165, 1.54) is 76.5 Å². The topological polar surface area (TPSA) is 16.4 Å². The highest BCUT2D eigenvalue weighted by Gasteiger charge is 2.24. The van der Waals surface area contributed by atoms with Gasteiger partial charge in [-0.05, 0) is 171 Å². The molecule has 0 aliphatic rings. The van der Waals surface area contributed by atoms with Crippen LogP contribution in [0, 0.1) is 0 Å². The van der Waals surface area contributed by atoms with E-state index in [4.69, 9.17) is 4.42 Å². The fourth-order valence-electron chi connectivity index (χ4n) is 11.6. The summed E-state index contributed by atoms with van der Waals surface area (Å²) in [5, 5.41) is 14.4. The van der Waals surface area contributed by atoms with Crippen molar-refractivity contribution in [1.82, 2.24) is 0 Å². The fraction of sp³-hybridized carbons (Fsp3) is 0. The Kier molecular flexibility index (Phi) is 10.2. The van der Waals surface area contributed by atoms with Crippen LogP contribution in [0.2, 0.25) is 0 Å². The normalized spacial score (nSPS) is 11.7. The van der Waals surface area contributed by atoms with Crippen molar-refractivity contribution in [2.45, 2.75) is 0 Å². The van der Waals surface area contributed by atoms with Crippen LogP contribution in [0.25, 0.3) is 131 Å². The Morgan fingerprint density at radius 2 is 0.605 bits per heavy atom. The number of furan rings is 1. The van der Waals surface area contributed by atoms with Gasteiger partial charge in [0.1, 0.15) is 5.58 Å². The Morgan fingerprint density at radius 3 is 1.13 bits per heavy atom. The molecule has 0 aliphatic heterocycles. The average molecular weight is 966 g/mol. The number of para-hydroxylation sites is 1. The van der Waals surface area contributed by atoms with E-state index in [1.54, 1.807) is 0 Å². The summed E-state index contributed by atoms with van der Waals surface area (Å²) in [6.07, 6.45) is 0. The first kappa shape index (κ1) is 43.6. The number of hydrogen-bond donors (Lipinski definition) is 0. The lowest BCUT2D eigenvalue weighted by atomic mass is 9.96. The number of rotatable bonds is 8. The molecular weight excluding hydrogens is 919 g/mol. The maximum absolute atomic E-state index is 7.25. The molecule has 2 nitrogen and oxygen atoms in total. The number of nitrogens with zero attached hydrogens (tertiary/aromatic N) is 1. The van der Waals surface area contributed by atoms with Crippen LogP contribution in [0.4, 0.5) is 17.1 Å². The molecule has 0 spiro atoms. The summed E-state index contributed by atoms with van der Waals surface area (Å²) in [6, 6.07) is 104. The van der Waals surface area contributed by atoms with Gasteiger partial charge < -0.3 is 9.32 Å². The van der Waals surface area contributed by atoms with E-state index in [9.17, 15) is 0 Å². The summed E-state index contributed by atoms with van der Waals surface area (Å²) >= 11 is 0. The Labute approximate surface area is 440 Å².